The topological polar surface area (TPSA) is 49.8 Å². The van der Waals surface area contributed by atoms with Gasteiger partial charge in [-0.05, 0) is 106 Å². The molecule has 1 saturated heterocycles. The molecular formula is C29H49NO3. The first kappa shape index (κ1) is 24.3. The van der Waals surface area contributed by atoms with Crippen LogP contribution >= 0.6 is 0 Å². The van der Waals surface area contributed by atoms with Crippen LogP contribution in [0.3, 0.4) is 0 Å². The van der Waals surface area contributed by atoms with E-state index in [-0.39, 0.29) is 23.2 Å². The Morgan fingerprint density at radius 1 is 1.03 bits per heavy atom. The number of carbonyl (C=O) groups excluding carboxylic acids is 1. The Kier molecular flexibility index (Phi) is 6.31. The van der Waals surface area contributed by atoms with E-state index in [0.29, 0.717) is 23.0 Å². The molecule has 1 aliphatic heterocycles. The van der Waals surface area contributed by atoms with Gasteiger partial charge >= 0.3 is 0 Å². The third-order valence-corrected chi connectivity index (χ3v) is 12.2. The fourth-order valence-corrected chi connectivity index (χ4v) is 10.2. The SMILES string of the molecule is CCC1(CC)CN(C2C[C@@]3(C)C(CC[C@H]4[C@@H]5CC[C@H](C(C)=O)[C@@]5(C)CC[C@@H]43)CC2O)CCO1. The number of ether oxygens (including phenoxy) is 1. The average Bonchev–Trinajstić information content (AvgIpc) is 3.16. The highest BCUT2D eigenvalue weighted by Gasteiger charge is 2.62. The summed E-state index contributed by atoms with van der Waals surface area (Å²) in [5.41, 5.74) is 0.515. The van der Waals surface area contributed by atoms with Gasteiger partial charge in [-0.2, -0.15) is 0 Å². The lowest BCUT2D eigenvalue weighted by molar-refractivity contribution is -0.175. The molecule has 4 aliphatic carbocycles. The molecule has 3 unspecified atom stereocenters. The van der Waals surface area contributed by atoms with E-state index in [1.165, 1.54) is 32.1 Å². The van der Waals surface area contributed by atoms with Crippen molar-refractivity contribution in [3.05, 3.63) is 0 Å². The quantitative estimate of drug-likeness (QED) is 0.606. The second kappa shape index (κ2) is 8.59. The van der Waals surface area contributed by atoms with E-state index in [1.54, 1.807) is 0 Å². The number of fused-ring (bicyclic) bond motifs is 5. The van der Waals surface area contributed by atoms with Crippen LogP contribution in [0, 0.1) is 40.4 Å². The van der Waals surface area contributed by atoms with Crippen molar-refractivity contribution in [1.82, 2.24) is 4.90 Å². The Morgan fingerprint density at radius 3 is 2.45 bits per heavy atom. The lowest BCUT2D eigenvalue weighted by atomic mass is 9.44. The zero-order chi connectivity index (χ0) is 23.6. The monoisotopic (exact) mass is 459 g/mol. The largest absolute Gasteiger partial charge is 0.391 e. The van der Waals surface area contributed by atoms with Crippen LogP contribution in [0.4, 0.5) is 0 Å². The summed E-state index contributed by atoms with van der Waals surface area (Å²) in [5.74, 6) is 3.65. The van der Waals surface area contributed by atoms with Crippen molar-refractivity contribution in [2.75, 3.05) is 19.7 Å². The molecule has 0 amide bonds. The molecule has 5 rings (SSSR count). The molecule has 4 heteroatoms. The first-order valence-electron chi connectivity index (χ1n) is 14.2. The molecule has 1 N–H and O–H groups in total. The van der Waals surface area contributed by atoms with E-state index in [9.17, 15) is 9.90 Å². The van der Waals surface area contributed by atoms with Gasteiger partial charge in [0.2, 0.25) is 0 Å². The second-order valence-corrected chi connectivity index (χ2v) is 13.2. The first-order chi connectivity index (χ1) is 15.7. The van der Waals surface area contributed by atoms with Gasteiger partial charge in [0.1, 0.15) is 5.78 Å². The van der Waals surface area contributed by atoms with Crippen molar-refractivity contribution >= 4 is 5.78 Å². The number of aliphatic hydroxyl groups is 1. The molecule has 9 atom stereocenters. The van der Waals surface area contributed by atoms with Gasteiger partial charge in [0.05, 0.1) is 18.3 Å². The van der Waals surface area contributed by atoms with Gasteiger partial charge in [-0.1, -0.05) is 27.7 Å². The minimum atomic E-state index is -0.202. The molecule has 4 saturated carbocycles. The summed E-state index contributed by atoms with van der Waals surface area (Å²) in [6.45, 7) is 14.1. The molecular weight excluding hydrogens is 410 g/mol. The lowest BCUT2D eigenvalue weighted by Crippen LogP contribution is -2.63. The highest BCUT2D eigenvalue weighted by molar-refractivity contribution is 5.79. The van der Waals surface area contributed by atoms with Crippen LogP contribution in [-0.4, -0.2) is 53.2 Å². The fraction of sp³-hybridized carbons (Fsp3) is 0.966. The number of nitrogens with zero attached hydrogens (tertiary/aromatic N) is 1. The van der Waals surface area contributed by atoms with E-state index in [0.717, 1.165) is 69.6 Å². The maximum Gasteiger partial charge on any atom is 0.133 e. The molecule has 5 fully saturated rings. The summed E-state index contributed by atoms with van der Waals surface area (Å²) in [5, 5.41) is 11.4. The Labute approximate surface area is 202 Å². The minimum Gasteiger partial charge on any atom is -0.391 e. The van der Waals surface area contributed by atoms with Gasteiger partial charge < -0.3 is 9.84 Å². The summed E-state index contributed by atoms with van der Waals surface area (Å²) in [6, 6.07) is 0.272. The van der Waals surface area contributed by atoms with E-state index in [1.807, 2.05) is 6.92 Å². The molecule has 4 nitrogen and oxygen atoms in total. The Morgan fingerprint density at radius 2 is 1.76 bits per heavy atom. The highest BCUT2D eigenvalue weighted by Crippen LogP contribution is 2.67. The van der Waals surface area contributed by atoms with Crippen molar-refractivity contribution in [2.24, 2.45) is 40.4 Å². The standard InChI is InChI=1S/C29H49NO3/c1-6-29(7-2)18-30(14-15-33-29)25-17-28(5)20(16-26(25)32)8-9-21-23-11-10-22(19(3)31)27(23,4)13-12-24(21)28/h20-26,32H,6-18H2,1-5H3/t20?,21-,22+,23-,24-,25?,26?,27+,28-/m0/s1. The molecule has 0 aromatic heterocycles. The van der Waals surface area contributed by atoms with E-state index < -0.39 is 0 Å². The summed E-state index contributed by atoms with van der Waals surface area (Å²) in [7, 11) is 0. The summed E-state index contributed by atoms with van der Waals surface area (Å²) >= 11 is 0. The molecule has 33 heavy (non-hydrogen) atoms. The third kappa shape index (κ3) is 3.68. The maximum absolute atomic E-state index is 12.5. The van der Waals surface area contributed by atoms with E-state index >= 15 is 0 Å². The van der Waals surface area contributed by atoms with Gasteiger partial charge in [0.15, 0.2) is 0 Å². The molecule has 0 spiro atoms. The smallest absolute Gasteiger partial charge is 0.133 e. The number of morpholine rings is 1. The maximum atomic E-state index is 12.5. The van der Waals surface area contributed by atoms with Gasteiger partial charge in [-0.15, -0.1) is 0 Å². The Bertz CT molecular complexity index is 749. The molecule has 0 bridgehead atoms. The van der Waals surface area contributed by atoms with Crippen LogP contribution in [-0.2, 0) is 9.53 Å². The van der Waals surface area contributed by atoms with Gasteiger partial charge in [-0.25, -0.2) is 0 Å². The number of aliphatic hydroxyl groups excluding tert-OH is 1. The van der Waals surface area contributed by atoms with E-state index in [4.69, 9.17) is 4.74 Å². The lowest BCUT2D eigenvalue weighted by Gasteiger charge is -2.63. The summed E-state index contributed by atoms with van der Waals surface area (Å²) < 4.78 is 6.27. The summed E-state index contributed by atoms with van der Waals surface area (Å²) in [6.07, 6.45) is 11.5. The minimum absolute atomic E-state index is 0.0387. The first-order valence-corrected chi connectivity index (χ1v) is 14.2. The number of rotatable bonds is 4. The molecule has 0 aromatic carbocycles. The zero-order valence-corrected chi connectivity index (χ0v) is 21.9. The van der Waals surface area contributed by atoms with Crippen molar-refractivity contribution in [3.8, 4) is 0 Å². The van der Waals surface area contributed by atoms with Gasteiger partial charge in [-0.3, -0.25) is 9.69 Å². The van der Waals surface area contributed by atoms with Crippen LogP contribution in [0.15, 0.2) is 0 Å². The van der Waals surface area contributed by atoms with Crippen molar-refractivity contribution in [2.45, 2.75) is 117 Å². The number of hydrogen-bond donors (Lipinski definition) is 1. The van der Waals surface area contributed by atoms with Crippen LogP contribution in [0.2, 0.25) is 0 Å². The number of Topliss-reactive ketones (excluding diaryl/α,β-unsaturated/α-hetero) is 1. The Hall–Kier alpha value is -0.450. The van der Waals surface area contributed by atoms with Crippen LogP contribution < -0.4 is 0 Å². The third-order valence-electron chi connectivity index (χ3n) is 12.2. The molecule has 0 aromatic rings. The predicted molar refractivity (Wildman–Crippen MR) is 132 cm³/mol. The van der Waals surface area contributed by atoms with Gasteiger partial charge in [0.25, 0.3) is 0 Å². The highest BCUT2D eigenvalue weighted by atomic mass is 16.5. The average molecular weight is 460 g/mol. The molecule has 0 radical (unpaired) electrons. The Balaban J connectivity index is 1.38. The number of ketones is 1. The second-order valence-electron chi connectivity index (χ2n) is 13.2. The fourth-order valence-electron chi connectivity index (χ4n) is 10.2. The van der Waals surface area contributed by atoms with Crippen LogP contribution in [0.5, 0.6) is 0 Å². The molecule has 188 valence electrons. The van der Waals surface area contributed by atoms with Gasteiger partial charge in [0, 0.05) is 25.0 Å². The number of hydrogen-bond acceptors (Lipinski definition) is 4. The predicted octanol–water partition coefficient (Wildman–Crippen LogP) is 5.46. The van der Waals surface area contributed by atoms with Crippen molar-refractivity contribution in [3.63, 3.8) is 0 Å². The van der Waals surface area contributed by atoms with Crippen LogP contribution in [0.1, 0.15) is 98.8 Å². The van der Waals surface area contributed by atoms with Crippen LogP contribution in [0.25, 0.3) is 0 Å². The normalized spacial score (nSPS) is 49.7. The summed E-state index contributed by atoms with van der Waals surface area (Å²) in [4.78, 5) is 15.1. The number of carbonyl (C=O) groups is 1. The van der Waals surface area contributed by atoms with Crippen molar-refractivity contribution < 1.29 is 14.6 Å². The van der Waals surface area contributed by atoms with E-state index in [2.05, 4.69) is 32.6 Å². The molecule has 5 aliphatic rings. The molecule has 1 heterocycles. The van der Waals surface area contributed by atoms with Crippen molar-refractivity contribution in [1.29, 1.82) is 0 Å². The zero-order valence-electron chi connectivity index (χ0n) is 21.9.